The van der Waals surface area contributed by atoms with E-state index in [1.54, 1.807) is 0 Å². The minimum Gasteiger partial charge on any atom is -0.491 e. The molecule has 0 unspecified atom stereocenters. The highest BCUT2D eigenvalue weighted by atomic mass is 32.2. The van der Waals surface area contributed by atoms with Gasteiger partial charge < -0.3 is 14.5 Å². The summed E-state index contributed by atoms with van der Waals surface area (Å²) in [5.41, 5.74) is 2.72. The second-order valence-electron chi connectivity index (χ2n) is 5.24. The van der Waals surface area contributed by atoms with Crippen molar-refractivity contribution in [1.82, 2.24) is 4.90 Å². The van der Waals surface area contributed by atoms with Crippen molar-refractivity contribution in [2.75, 3.05) is 49.5 Å². The molecule has 2 aliphatic heterocycles. The highest BCUT2D eigenvalue weighted by Crippen LogP contribution is 2.39. The first kappa shape index (κ1) is 13.5. The van der Waals surface area contributed by atoms with Crippen LogP contribution in [0.15, 0.2) is 12.1 Å². The van der Waals surface area contributed by atoms with Gasteiger partial charge in [-0.05, 0) is 19.2 Å². The SMILES string of the molecule is CN1CCN(c2cc(N[SH](=O)=O)cc3c2OCC3)CC1. The fraction of sp³-hybridized carbons (Fsp3) is 0.538. The fourth-order valence-corrected chi connectivity index (χ4v) is 3.08. The number of thiol groups is 1. The maximum Gasteiger partial charge on any atom is 0.222 e. The lowest BCUT2D eigenvalue weighted by Gasteiger charge is -2.34. The van der Waals surface area contributed by atoms with Crippen LogP contribution in [0.5, 0.6) is 5.75 Å². The fourth-order valence-electron chi connectivity index (χ4n) is 2.74. The Morgan fingerprint density at radius 2 is 1.95 bits per heavy atom. The molecule has 0 amide bonds. The molecule has 2 aliphatic rings. The van der Waals surface area contributed by atoms with Gasteiger partial charge in [0.15, 0.2) is 0 Å². The number of ether oxygens (including phenoxy) is 1. The van der Waals surface area contributed by atoms with Gasteiger partial charge in [0.05, 0.1) is 18.0 Å². The molecule has 1 saturated heterocycles. The summed E-state index contributed by atoms with van der Waals surface area (Å²) >= 11 is 0. The zero-order valence-corrected chi connectivity index (χ0v) is 12.4. The summed E-state index contributed by atoms with van der Waals surface area (Å²) in [4.78, 5) is 4.56. The number of rotatable bonds is 3. The molecule has 0 atom stereocenters. The van der Waals surface area contributed by atoms with Crippen molar-refractivity contribution < 1.29 is 13.2 Å². The van der Waals surface area contributed by atoms with E-state index in [9.17, 15) is 8.42 Å². The van der Waals surface area contributed by atoms with Crippen molar-refractivity contribution in [1.29, 1.82) is 0 Å². The van der Waals surface area contributed by atoms with E-state index in [1.807, 2.05) is 12.1 Å². The number of hydrogen-bond acceptors (Lipinski definition) is 5. The van der Waals surface area contributed by atoms with Crippen LogP contribution in [-0.2, 0) is 17.3 Å². The van der Waals surface area contributed by atoms with Gasteiger partial charge in [-0.2, -0.15) is 0 Å². The Kier molecular flexibility index (Phi) is 3.71. The second kappa shape index (κ2) is 5.49. The molecule has 0 bridgehead atoms. The topological polar surface area (TPSA) is 61.9 Å². The van der Waals surface area contributed by atoms with Gasteiger partial charge >= 0.3 is 0 Å². The summed E-state index contributed by atoms with van der Waals surface area (Å²) in [5.74, 6) is 0.918. The van der Waals surface area contributed by atoms with E-state index in [0.717, 1.165) is 49.6 Å². The average Bonchev–Trinajstić information content (AvgIpc) is 2.86. The first-order valence-electron chi connectivity index (χ1n) is 6.78. The first-order chi connectivity index (χ1) is 9.63. The van der Waals surface area contributed by atoms with E-state index < -0.39 is 10.9 Å². The van der Waals surface area contributed by atoms with Crippen LogP contribution >= 0.6 is 0 Å². The van der Waals surface area contributed by atoms with Gasteiger partial charge in [-0.25, -0.2) is 8.42 Å². The third-order valence-corrected chi connectivity index (χ3v) is 4.27. The Morgan fingerprint density at radius 3 is 2.65 bits per heavy atom. The van der Waals surface area contributed by atoms with Crippen LogP contribution in [0.2, 0.25) is 0 Å². The van der Waals surface area contributed by atoms with Gasteiger partial charge in [-0.15, -0.1) is 0 Å². The first-order valence-corrected chi connectivity index (χ1v) is 7.95. The number of piperazine rings is 1. The van der Waals surface area contributed by atoms with Gasteiger partial charge in [0, 0.05) is 38.2 Å². The number of anilines is 2. The van der Waals surface area contributed by atoms with E-state index in [0.29, 0.717) is 12.3 Å². The number of likely N-dealkylation sites (N-methyl/N-ethyl adjacent to an activating group) is 1. The highest BCUT2D eigenvalue weighted by Gasteiger charge is 2.24. The summed E-state index contributed by atoms with van der Waals surface area (Å²) in [5, 5.41) is 0. The maximum absolute atomic E-state index is 10.9. The molecule has 3 rings (SSSR count). The van der Waals surface area contributed by atoms with E-state index in [-0.39, 0.29) is 0 Å². The van der Waals surface area contributed by atoms with E-state index in [4.69, 9.17) is 4.74 Å². The van der Waals surface area contributed by atoms with Crippen LogP contribution < -0.4 is 14.4 Å². The van der Waals surface area contributed by atoms with Crippen LogP contribution in [0, 0.1) is 0 Å². The molecule has 0 spiro atoms. The number of hydrogen-bond donors (Lipinski definition) is 2. The molecule has 1 N–H and O–H groups in total. The summed E-state index contributed by atoms with van der Waals surface area (Å²) < 4.78 is 30.0. The summed E-state index contributed by atoms with van der Waals surface area (Å²) in [6, 6.07) is 3.74. The summed E-state index contributed by atoms with van der Waals surface area (Å²) in [6.45, 7) is 4.53. The number of nitrogens with zero attached hydrogens (tertiary/aromatic N) is 2. The molecule has 20 heavy (non-hydrogen) atoms. The van der Waals surface area contributed by atoms with Gasteiger partial charge in [0.2, 0.25) is 10.9 Å². The lowest BCUT2D eigenvalue weighted by atomic mass is 10.1. The zero-order valence-electron chi connectivity index (χ0n) is 11.5. The summed E-state index contributed by atoms with van der Waals surface area (Å²) in [7, 11) is -0.529. The Hall–Kier alpha value is -1.47. The Bertz CT molecular complexity index is 572. The van der Waals surface area contributed by atoms with Crippen LogP contribution in [0.3, 0.4) is 0 Å². The number of nitrogens with one attached hydrogen (secondary N) is 1. The average molecular weight is 297 g/mol. The third kappa shape index (κ3) is 2.69. The molecule has 2 heterocycles. The van der Waals surface area contributed by atoms with Crippen molar-refractivity contribution in [3.05, 3.63) is 17.7 Å². The monoisotopic (exact) mass is 297 g/mol. The number of fused-ring (bicyclic) bond motifs is 1. The molecular formula is C13H19N3O3S. The quantitative estimate of drug-likeness (QED) is 0.787. The Labute approximate surface area is 120 Å². The molecule has 0 aliphatic carbocycles. The second-order valence-corrected chi connectivity index (χ2v) is 5.98. The van der Waals surface area contributed by atoms with Gasteiger partial charge in [0.1, 0.15) is 5.75 Å². The van der Waals surface area contributed by atoms with Gasteiger partial charge in [0.25, 0.3) is 0 Å². The van der Waals surface area contributed by atoms with Crippen LogP contribution in [0.4, 0.5) is 11.4 Å². The van der Waals surface area contributed by atoms with E-state index in [1.165, 1.54) is 0 Å². The minimum absolute atomic E-state index is 0.624. The molecular weight excluding hydrogens is 278 g/mol. The lowest BCUT2D eigenvalue weighted by molar-refractivity contribution is 0.309. The van der Waals surface area contributed by atoms with Gasteiger partial charge in [-0.1, -0.05) is 0 Å². The van der Waals surface area contributed by atoms with Crippen LogP contribution in [-0.4, -0.2) is 53.2 Å². The third-order valence-electron chi connectivity index (χ3n) is 3.83. The van der Waals surface area contributed by atoms with E-state index >= 15 is 0 Å². The van der Waals surface area contributed by atoms with Crippen molar-refractivity contribution in [3.8, 4) is 5.75 Å². The molecule has 7 heteroatoms. The van der Waals surface area contributed by atoms with Crippen molar-refractivity contribution in [2.24, 2.45) is 0 Å². The molecule has 0 saturated carbocycles. The predicted octanol–water partition coefficient (Wildman–Crippen LogP) is 0.312. The zero-order chi connectivity index (χ0) is 14.1. The maximum atomic E-state index is 10.9. The molecule has 1 aromatic carbocycles. The van der Waals surface area contributed by atoms with E-state index in [2.05, 4.69) is 21.6 Å². The minimum atomic E-state index is -2.64. The molecule has 6 nitrogen and oxygen atoms in total. The molecule has 1 aromatic rings. The van der Waals surface area contributed by atoms with Crippen molar-refractivity contribution >= 4 is 22.3 Å². The Balaban J connectivity index is 1.94. The highest BCUT2D eigenvalue weighted by molar-refractivity contribution is 7.73. The van der Waals surface area contributed by atoms with Crippen molar-refractivity contribution in [2.45, 2.75) is 6.42 Å². The Morgan fingerprint density at radius 1 is 1.20 bits per heavy atom. The predicted molar refractivity (Wildman–Crippen MR) is 79.3 cm³/mol. The molecule has 0 aromatic heterocycles. The molecule has 110 valence electrons. The normalized spacial score (nSPS) is 19.0. The van der Waals surface area contributed by atoms with Crippen molar-refractivity contribution in [3.63, 3.8) is 0 Å². The van der Waals surface area contributed by atoms with Crippen LogP contribution in [0.1, 0.15) is 5.56 Å². The molecule has 0 radical (unpaired) electrons. The van der Waals surface area contributed by atoms with Gasteiger partial charge in [-0.3, -0.25) is 4.72 Å². The standard InChI is InChI=1S/C13H19N3O3S/c1-15-3-5-16(6-4-15)12-9-11(14-20(17)18)8-10-2-7-19-13(10)12/h8-9,20H,2-7H2,1H3,(H,14,17,18). The van der Waals surface area contributed by atoms with Crippen LogP contribution in [0.25, 0.3) is 0 Å². The number of benzene rings is 1. The lowest BCUT2D eigenvalue weighted by Crippen LogP contribution is -2.44. The summed E-state index contributed by atoms with van der Waals surface area (Å²) in [6.07, 6.45) is 0.835. The molecule has 1 fully saturated rings. The largest absolute Gasteiger partial charge is 0.491 e. The smallest absolute Gasteiger partial charge is 0.222 e.